The zero-order valence-electron chi connectivity index (χ0n) is 14.8. The van der Waals surface area contributed by atoms with Crippen LogP contribution in [-0.2, 0) is 16.8 Å². The molecule has 2 fully saturated rings. The molecule has 1 spiro atoms. The first-order valence-electron chi connectivity index (χ1n) is 9.52. The minimum Gasteiger partial charge on any atom is -0.369 e. The standard InChI is InChI=1S/C19H24N4O2S/c24-18(23-9-2-14(12-23)15-1-6-21-22-15)16-11-13-3-10-25-19(17(13)26-16)4-7-20-8-5-19/h1,6,11,14,20H,2-5,7-10,12H2,(H,21,22). The van der Waals surface area contributed by atoms with Crippen molar-refractivity contribution in [2.24, 2.45) is 0 Å². The number of piperidine rings is 1. The summed E-state index contributed by atoms with van der Waals surface area (Å²) in [5, 5.41) is 10.5. The molecule has 138 valence electrons. The molecule has 26 heavy (non-hydrogen) atoms. The SMILES string of the molecule is O=C(c1cc2c(s1)C1(CCNCC1)OCC2)N1CCC(c2ccn[nH]2)C1. The number of thiophene rings is 1. The molecule has 0 aliphatic carbocycles. The summed E-state index contributed by atoms with van der Waals surface area (Å²) in [6, 6.07) is 4.15. The Kier molecular flexibility index (Phi) is 4.10. The number of carbonyl (C=O) groups is 1. The van der Waals surface area contributed by atoms with Crippen molar-refractivity contribution in [1.29, 1.82) is 0 Å². The van der Waals surface area contributed by atoms with Crippen LogP contribution in [0, 0.1) is 0 Å². The zero-order chi connectivity index (χ0) is 17.6. The summed E-state index contributed by atoms with van der Waals surface area (Å²) in [5.74, 6) is 0.547. The second-order valence-corrected chi connectivity index (χ2v) is 8.61. The Bertz CT molecular complexity index is 795. The molecule has 6 nitrogen and oxygen atoms in total. The molecule has 0 aromatic carbocycles. The van der Waals surface area contributed by atoms with Gasteiger partial charge in [-0.1, -0.05) is 0 Å². The van der Waals surface area contributed by atoms with E-state index in [1.807, 2.05) is 11.0 Å². The third kappa shape index (κ3) is 2.69. The molecule has 5 heterocycles. The Hall–Kier alpha value is -1.70. The van der Waals surface area contributed by atoms with Gasteiger partial charge in [0.25, 0.3) is 5.91 Å². The second-order valence-electron chi connectivity index (χ2n) is 7.56. The van der Waals surface area contributed by atoms with Crippen LogP contribution in [0.15, 0.2) is 18.3 Å². The minimum absolute atomic E-state index is 0.161. The Balaban J connectivity index is 1.37. The second kappa shape index (κ2) is 6.48. The fourth-order valence-electron chi connectivity index (χ4n) is 4.58. The van der Waals surface area contributed by atoms with Crippen molar-refractivity contribution >= 4 is 17.2 Å². The number of nitrogens with zero attached hydrogens (tertiary/aromatic N) is 2. The van der Waals surface area contributed by atoms with Crippen LogP contribution in [-0.4, -0.2) is 53.8 Å². The van der Waals surface area contributed by atoms with Crippen LogP contribution < -0.4 is 5.32 Å². The lowest BCUT2D eigenvalue weighted by atomic mass is 9.86. The fourth-order valence-corrected chi connectivity index (χ4v) is 5.96. The van der Waals surface area contributed by atoms with Crippen molar-refractivity contribution in [2.45, 2.75) is 37.2 Å². The Morgan fingerprint density at radius 3 is 3.08 bits per heavy atom. The number of hydrogen-bond donors (Lipinski definition) is 2. The van der Waals surface area contributed by atoms with E-state index in [0.717, 1.165) is 69.0 Å². The van der Waals surface area contributed by atoms with Crippen molar-refractivity contribution in [1.82, 2.24) is 20.4 Å². The summed E-state index contributed by atoms with van der Waals surface area (Å²) < 4.78 is 6.25. The van der Waals surface area contributed by atoms with Crippen LogP contribution in [0.3, 0.4) is 0 Å². The highest BCUT2D eigenvalue weighted by Gasteiger charge is 2.41. The van der Waals surface area contributed by atoms with Crippen molar-refractivity contribution in [3.8, 4) is 0 Å². The maximum Gasteiger partial charge on any atom is 0.263 e. The normalized spacial score (nSPS) is 24.8. The van der Waals surface area contributed by atoms with Crippen LogP contribution >= 0.6 is 11.3 Å². The highest BCUT2D eigenvalue weighted by Crippen LogP contribution is 2.44. The number of aromatic amines is 1. The first kappa shape index (κ1) is 16.5. The molecule has 2 saturated heterocycles. The Morgan fingerprint density at radius 2 is 2.27 bits per heavy atom. The molecular formula is C19H24N4O2S. The van der Waals surface area contributed by atoms with Crippen LogP contribution in [0.25, 0.3) is 0 Å². The molecule has 2 aromatic rings. The summed E-state index contributed by atoms with van der Waals surface area (Å²) in [5.41, 5.74) is 2.30. The van der Waals surface area contributed by atoms with Gasteiger partial charge in [-0.2, -0.15) is 5.10 Å². The van der Waals surface area contributed by atoms with Gasteiger partial charge in [0, 0.05) is 35.8 Å². The minimum atomic E-state index is -0.161. The Morgan fingerprint density at radius 1 is 1.38 bits per heavy atom. The number of nitrogens with one attached hydrogen (secondary N) is 2. The molecule has 1 atom stereocenters. The van der Waals surface area contributed by atoms with Crippen LogP contribution in [0.5, 0.6) is 0 Å². The molecule has 2 aromatic heterocycles. The highest BCUT2D eigenvalue weighted by molar-refractivity contribution is 7.14. The van der Waals surface area contributed by atoms with Crippen LogP contribution in [0.2, 0.25) is 0 Å². The van der Waals surface area contributed by atoms with Gasteiger partial charge in [-0.25, -0.2) is 0 Å². The van der Waals surface area contributed by atoms with Gasteiger partial charge in [-0.05, 0) is 56.5 Å². The number of aromatic nitrogens is 2. The summed E-state index contributed by atoms with van der Waals surface area (Å²) >= 11 is 1.67. The van der Waals surface area contributed by atoms with E-state index >= 15 is 0 Å². The van der Waals surface area contributed by atoms with Gasteiger partial charge in [0.15, 0.2) is 0 Å². The molecule has 0 radical (unpaired) electrons. The molecule has 0 bridgehead atoms. The molecule has 3 aliphatic rings. The number of H-pyrrole nitrogens is 1. The molecule has 7 heteroatoms. The van der Waals surface area contributed by atoms with E-state index in [1.165, 1.54) is 10.4 Å². The number of ether oxygens (including phenoxy) is 1. The number of rotatable bonds is 2. The van der Waals surface area contributed by atoms with Crippen molar-refractivity contribution in [3.63, 3.8) is 0 Å². The average molecular weight is 372 g/mol. The molecule has 5 rings (SSSR count). The van der Waals surface area contributed by atoms with E-state index in [9.17, 15) is 4.79 Å². The molecule has 3 aliphatic heterocycles. The first-order chi connectivity index (χ1) is 12.8. The third-order valence-electron chi connectivity index (χ3n) is 6.03. The Labute approximate surface area is 156 Å². The van der Waals surface area contributed by atoms with E-state index < -0.39 is 0 Å². The lowest BCUT2D eigenvalue weighted by Gasteiger charge is -2.40. The van der Waals surface area contributed by atoms with Gasteiger partial charge >= 0.3 is 0 Å². The molecule has 1 unspecified atom stereocenters. The largest absolute Gasteiger partial charge is 0.369 e. The van der Waals surface area contributed by atoms with Gasteiger partial charge < -0.3 is 15.0 Å². The molecule has 2 N–H and O–H groups in total. The number of carbonyl (C=O) groups excluding carboxylic acids is 1. The first-order valence-corrected chi connectivity index (χ1v) is 10.3. The van der Waals surface area contributed by atoms with Crippen LogP contribution in [0.1, 0.15) is 51.0 Å². The van der Waals surface area contributed by atoms with Crippen LogP contribution in [0.4, 0.5) is 0 Å². The van der Waals surface area contributed by atoms with Crippen molar-refractivity contribution in [3.05, 3.63) is 39.3 Å². The lowest BCUT2D eigenvalue weighted by molar-refractivity contribution is -0.0771. The van der Waals surface area contributed by atoms with Crippen molar-refractivity contribution < 1.29 is 9.53 Å². The monoisotopic (exact) mass is 372 g/mol. The highest BCUT2D eigenvalue weighted by atomic mass is 32.1. The quantitative estimate of drug-likeness (QED) is 0.848. The van der Waals surface area contributed by atoms with Gasteiger partial charge in [0.2, 0.25) is 0 Å². The van der Waals surface area contributed by atoms with E-state index in [2.05, 4.69) is 21.6 Å². The number of hydrogen-bond acceptors (Lipinski definition) is 5. The third-order valence-corrected chi connectivity index (χ3v) is 7.38. The van der Waals surface area contributed by atoms with E-state index in [-0.39, 0.29) is 11.5 Å². The van der Waals surface area contributed by atoms with Crippen molar-refractivity contribution in [2.75, 3.05) is 32.8 Å². The summed E-state index contributed by atoms with van der Waals surface area (Å²) in [6.07, 6.45) is 5.70. The molecule has 0 saturated carbocycles. The maximum atomic E-state index is 13.1. The molecular weight excluding hydrogens is 348 g/mol. The zero-order valence-corrected chi connectivity index (χ0v) is 15.6. The van der Waals surface area contributed by atoms with Gasteiger partial charge in [-0.15, -0.1) is 11.3 Å². The van der Waals surface area contributed by atoms with Gasteiger partial charge in [-0.3, -0.25) is 9.89 Å². The fraction of sp³-hybridized carbons (Fsp3) is 0.579. The number of amides is 1. The predicted octanol–water partition coefficient (Wildman–Crippen LogP) is 2.25. The van der Waals surface area contributed by atoms with E-state index in [1.54, 1.807) is 17.5 Å². The van der Waals surface area contributed by atoms with E-state index in [4.69, 9.17) is 4.74 Å². The average Bonchev–Trinajstić information content (AvgIpc) is 3.41. The van der Waals surface area contributed by atoms with Gasteiger partial charge in [0.05, 0.1) is 11.5 Å². The van der Waals surface area contributed by atoms with E-state index in [0.29, 0.717) is 5.92 Å². The number of likely N-dealkylation sites (tertiary alicyclic amines) is 1. The lowest BCUT2D eigenvalue weighted by Crippen LogP contribution is -2.43. The molecule has 1 amide bonds. The predicted molar refractivity (Wildman–Crippen MR) is 99.6 cm³/mol. The summed E-state index contributed by atoms with van der Waals surface area (Å²) in [4.78, 5) is 17.3. The maximum absolute atomic E-state index is 13.1. The summed E-state index contributed by atoms with van der Waals surface area (Å²) in [7, 11) is 0. The topological polar surface area (TPSA) is 70.2 Å². The summed E-state index contributed by atoms with van der Waals surface area (Å²) in [6.45, 7) is 4.33. The van der Waals surface area contributed by atoms with Gasteiger partial charge in [0.1, 0.15) is 5.60 Å². The number of fused-ring (bicyclic) bond motifs is 2. The smallest absolute Gasteiger partial charge is 0.263 e.